The van der Waals surface area contributed by atoms with E-state index in [-0.39, 0.29) is 31.0 Å². The van der Waals surface area contributed by atoms with E-state index in [1.165, 1.54) is 0 Å². The van der Waals surface area contributed by atoms with Gasteiger partial charge < -0.3 is 0 Å². The van der Waals surface area contributed by atoms with E-state index >= 15 is 0 Å². The number of fused-ring (bicyclic) bond motifs is 2. The van der Waals surface area contributed by atoms with Crippen LogP contribution in [-0.2, 0) is 19.5 Å². The van der Waals surface area contributed by atoms with Crippen molar-refractivity contribution in [3.05, 3.63) is 70.8 Å². The molecule has 17 heavy (non-hydrogen) atoms. The summed E-state index contributed by atoms with van der Waals surface area (Å²) in [4.78, 5) is 24.2. The molecule has 0 unspecified atom stereocenters. The van der Waals surface area contributed by atoms with Crippen molar-refractivity contribution in [1.82, 2.24) is 0 Å². The van der Waals surface area contributed by atoms with Gasteiger partial charge in [-0.1, -0.05) is 48.5 Å². The van der Waals surface area contributed by atoms with Gasteiger partial charge in [-0.2, -0.15) is 0 Å². The molecule has 0 saturated carbocycles. The zero-order chi connectivity index (χ0) is 11.1. The Kier molecular flexibility index (Phi) is 3.04. The number of carbonyl (C=O) groups excluding carboxylic acids is 2. The van der Waals surface area contributed by atoms with Crippen LogP contribution in [0.15, 0.2) is 48.5 Å². The Morgan fingerprint density at radius 2 is 0.765 bits per heavy atom. The van der Waals surface area contributed by atoms with Crippen molar-refractivity contribution in [3.63, 3.8) is 0 Å². The molecular formula is C14H8O2Ru+2. The van der Waals surface area contributed by atoms with E-state index in [1.54, 1.807) is 48.5 Å². The molecule has 0 N–H and O–H groups in total. The van der Waals surface area contributed by atoms with Gasteiger partial charge in [-0.15, -0.1) is 0 Å². The Morgan fingerprint density at radius 3 is 1.00 bits per heavy atom. The first-order valence-electron chi connectivity index (χ1n) is 5.06. The quantitative estimate of drug-likeness (QED) is 0.598. The van der Waals surface area contributed by atoms with E-state index < -0.39 is 0 Å². The van der Waals surface area contributed by atoms with Crippen LogP contribution in [0, 0.1) is 0 Å². The molecule has 3 heteroatoms. The Labute approximate surface area is 111 Å². The number of hydrogen-bond donors (Lipinski definition) is 0. The van der Waals surface area contributed by atoms with E-state index in [0.29, 0.717) is 22.3 Å². The average molecular weight is 309 g/mol. The average Bonchev–Trinajstić information content (AvgIpc) is 2.36. The van der Waals surface area contributed by atoms with E-state index in [1.807, 2.05) is 0 Å². The van der Waals surface area contributed by atoms with Gasteiger partial charge >= 0.3 is 19.5 Å². The van der Waals surface area contributed by atoms with Crippen molar-refractivity contribution in [2.45, 2.75) is 0 Å². The zero-order valence-electron chi connectivity index (χ0n) is 8.79. The van der Waals surface area contributed by atoms with E-state index in [9.17, 15) is 9.59 Å². The van der Waals surface area contributed by atoms with Crippen LogP contribution in [0.3, 0.4) is 0 Å². The van der Waals surface area contributed by atoms with Gasteiger partial charge in [-0.05, 0) is 0 Å². The largest absolute Gasteiger partial charge is 2.00 e. The maximum absolute atomic E-state index is 12.1. The fourth-order valence-electron chi connectivity index (χ4n) is 2.05. The molecular weight excluding hydrogens is 301 g/mol. The first kappa shape index (κ1) is 11.9. The van der Waals surface area contributed by atoms with E-state index in [0.717, 1.165) is 0 Å². The minimum absolute atomic E-state index is 0. The van der Waals surface area contributed by atoms with Crippen molar-refractivity contribution < 1.29 is 29.1 Å². The Balaban J connectivity index is 0.00000108. The molecule has 0 saturated heterocycles. The SMILES string of the molecule is O=C1c2ccccc2C(=O)c2ccccc21.[Ru+2]. The standard InChI is InChI=1S/C14H8O2.Ru/c15-13-9-5-1-2-6-10(9)14(16)12-8-4-3-7-11(12)13;/h1-8H;/q;+2. The molecule has 0 atom stereocenters. The monoisotopic (exact) mass is 310 g/mol. The molecule has 82 valence electrons. The van der Waals surface area contributed by atoms with Crippen LogP contribution in [0.2, 0.25) is 0 Å². The predicted octanol–water partition coefficient (Wildman–Crippen LogP) is 2.46. The fourth-order valence-corrected chi connectivity index (χ4v) is 2.05. The first-order valence-corrected chi connectivity index (χ1v) is 5.06. The molecule has 3 rings (SSSR count). The van der Waals surface area contributed by atoms with Crippen molar-refractivity contribution >= 4 is 11.6 Å². The van der Waals surface area contributed by atoms with Gasteiger partial charge in [0.15, 0.2) is 11.6 Å². The molecule has 2 aromatic carbocycles. The minimum atomic E-state index is -0.0641. The summed E-state index contributed by atoms with van der Waals surface area (Å²) in [6.45, 7) is 0. The summed E-state index contributed by atoms with van der Waals surface area (Å²) < 4.78 is 0. The van der Waals surface area contributed by atoms with Crippen molar-refractivity contribution in [3.8, 4) is 0 Å². The van der Waals surface area contributed by atoms with Gasteiger partial charge in [-0.25, -0.2) is 0 Å². The van der Waals surface area contributed by atoms with E-state index in [4.69, 9.17) is 0 Å². The summed E-state index contributed by atoms with van der Waals surface area (Å²) >= 11 is 0. The molecule has 1 aliphatic carbocycles. The molecule has 0 aliphatic heterocycles. The number of carbonyl (C=O) groups is 2. The van der Waals surface area contributed by atoms with Crippen molar-refractivity contribution in [2.24, 2.45) is 0 Å². The maximum atomic E-state index is 12.1. The molecule has 0 bridgehead atoms. The number of rotatable bonds is 0. The first-order chi connectivity index (χ1) is 7.79. The Morgan fingerprint density at radius 1 is 0.529 bits per heavy atom. The molecule has 0 radical (unpaired) electrons. The second-order valence-corrected chi connectivity index (χ2v) is 3.75. The van der Waals surface area contributed by atoms with Crippen LogP contribution in [0.25, 0.3) is 0 Å². The van der Waals surface area contributed by atoms with Crippen LogP contribution in [0.5, 0.6) is 0 Å². The summed E-state index contributed by atoms with van der Waals surface area (Å²) in [5.41, 5.74) is 2.02. The zero-order valence-corrected chi connectivity index (χ0v) is 10.5. The summed E-state index contributed by atoms with van der Waals surface area (Å²) in [5.74, 6) is -0.128. The van der Waals surface area contributed by atoms with Crippen LogP contribution >= 0.6 is 0 Å². The third kappa shape index (κ3) is 1.67. The molecule has 2 nitrogen and oxygen atoms in total. The number of benzene rings is 2. The fraction of sp³-hybridized carbons (Fsp3) is 0. The van der Waals surface area contributed by atoms with Crippen molar-refractivity contribution in [2.75, 3.05) is 0 Å². The second-order valence-electron chi connectivity index (χ2n) is 3.75. The molecule has 0 heterocycles. The van der Waals surface area contributed by atoms with Crippen LogP contribution in [0.4, 0.5) is 0 Å². The maximum Gasteiger partial charge on any atom is 2.00 e. The molecule has 1 aliphatic rings. The van der Waals surface area contributed by atoms with Gasteiger partial charge in [0, 0.05) is 22.3 Å². The molecule has 0 spiro atoms. The van der Waals surface area contributed by atoms with Gasteiger partial charge in [0.05, 0.1) is 0 Å². The summed E-state index contributed by atoms with van der Waals surface area (Å²) in [6, 6.07) is 13.9. The van der Waals surface area contributed by atoms with Gasteiger partial charge in [-0.3, -0.25) is 9.59 Å². The van der Waals surface area contributed by atoms with Gasteiger partial charge in [0.1, 0.15) is 0 Å². The second kappa shape index (κ2) is 4.35. The number of ketones is 2. The third-order valence-corrected chi connectivity index (χ3v) is 2.83. The predicted molar refractivity (Wildman–Crippen MR) is 59.7 cm³/mol. The smallest absolute Gasteiger partial charge is 0.289 e. The van der Waals surface area contributed by atoms with Crippen LogP contribution < -0.4 is 0 Å². The topological polar surface area (TPSA) is 34.1 Å². The normalized spacial score (nSPS) is 12.5. The summed E-state index contributed by atoms with van der Waals surface area (Å²) in [6.07, 6.45) is 0. The van der Waals surface area contributed by atoms with Crippen LogP contribution in [0.1, 0.15) is 31.8 Å². The molecule has 0 amide bonds. The molecule has 2 aromatic rings. The third-order valence-electron chi connectivity index (χ3n) is 2.83. The van der Waals surface area contributed by atoms with Gasteiger partial charge in [0.2, 0.25) is 0 Å². The summed E-state index contributed by atoms with van der Waals surface area (Å²) in [5, 5.41) is 0. The minimum Gasteiger partial charge on any atom is -0.289 e. The molecule has 0 aromatic heterocycles. The van der Waals surface area contributed by atoms with Crippen LogP contribution in [-0.4, -0.2) is 11.6 Å². The number of hydrogen-bond acceptors (Lipinski definition) is 2. The summed E-state index contributed by atoms with van der Waals surface area (Å²) in [7, 11) is 0. The van der Waals surface area contributed by atoms with E-state index in [2.05, 4.69) is 0 Å². The Bertz CT molecular complexity index is 512. The van der Waals surface area contributed by atoms with Gasteiger partial charge in [0.25, 0.3) is 0 Å². The van der Waals surface area contributed by atoms with Crippen molar-refractivity contribution in [1.29, 1.82) is 0 Å². The Hall–Kier alpha value is -1.60. The molecule has 0 fully saturated rings.